The maximum Gasteiger partial charge on any atom is 0.253 e. The fourth-order valence-electron chi connectivity index (χ4n) is 2.76. The number of benzene rings is 1. The van der Waals surface area contributed by atoms with Crippen molar-refractivity contribution in [3.05, 3.63) is 58.0 Å². The van der Waals surface area contributed by atoms with E-state index in [-0.39, 0.29) is 22.4 Å². The minimum Gasteiger partial charge on any atom is -0.340 e. The van der Waals surface area contributed by atoms with Gasteiger partial charge in [-0.2, -0.15) is 0 Å². The zero-order chi connectivity index (χ0) is 18.0. The number of amides is 2. The van der Waals surface area contributed by atoms with Gasteiger partial charge in [-0.25, -0.2) is 4.39 Å². The monoisotopic (exact) mass is 378 g/mol. The molecule has 0 N–H and O–H groups in total. The van der Waals surface area contributed by atoms with Crippen molar-refractivity contribution in [2.45, 2.75) is 17.5 Å². The Hall–Kier alpha value is -1.86. The fraction of sp³-hybridized carbons (Fsp3) is 0.333. The number of rotatable bonds is 5. The molecule has 2 atom stereocenters. The molecule has 0 unspecified atom stereocenters. The fourth-order valence-corrected chi connectivity index (χ4v) is 5.01. The van der Waals surface area contributed by atoms with Crippen LogP contribution in [-0.4, -0.2) is 47.0 Å². The van der Waals surface area contributed by atoms with Crippen molar-refractivity contribution in [1.29, 1.82) is 0 Å². The van der Waals surface area contributed by atoms with Crippen LogP contribution in [0.1, 0.15) is 27.5 Å². The molecule has 0 radical (unpaired) electrons. The predicted molar refractivity (Wildman–Crippen MR) is 99.2 cm³/mol. The van der Waals surface area contributed by atoms with E-state index in [1.165, 1.54) is 23.1 Å². The number of carbonyl (C=O) groups excluding carboxylic acids is 2. The maximum absolute atomic E-state index is 13.3. The number of hydrogen-bond acceptors (Lipinski definition) is 4. The van der Waals surface area contributed by atoms with Gasteiger partial charge >= 0.3 is 0 Å². The summed E-state index contributed by atoms with van der Waals surface area (Å²) in [6.07, 6.45) is 0. The number of thiophene rings is 1. The van der Waals surface area contributed by atoms with Crippen LogP contribution in [0.3, 0.4) is 0 Å². The van der Waals surface area contributed by atoms with E-state index in [2.05, 4.69) is 0 Å². The Morgan fingerprint density at radius 2 is 2.12 bits per heavy atom. The summed E-state index contributed by atoms with van der Waals surface area (Å²) in [6, 6.07) is 9.66. The van der Waals surface area contributed by atoms with Crippen LogP contribution in [0, 0.1) is 5.82 Å². The number of nitrogens with zero attached hydrogens (tertiary/aromatic N) is 2. The van der Waals surface area contributed by atoms with Gasteiger partial charge in [0, 0.05) is 30.6 Å². The van der Waals surface area contributed by atoms with E-state index < -0.39 is 5.82 Å². The van der Waals surface area contributed by atoms with Gasteiger partial charge in [-0.05, 0) is 36.6 Å². The van der Waals surface area contributed by atoms with Gasteiger partial charge in [0.15, 0.2) is 0 Å². The molecule has 0 aliphatic carbocycles. The molecule has 1 fully saturated rings. The van der Waals surface area contributed by atoms with Crippen molar-refractivity contribution >= 4 is 34.9 Å². The van der Waals surface area contributed by atoms with Gasteiger partial charge in [-0.15, -0.1) is 23.1 Å². The Morgan fingerprint density at radius 1 is 1.32 bits per heavy atom. The van der Waals surface area contributed by atoms with E-state index in [1.54, 1.807) is 36.2 Å². The van der Waals surface area contributed by atoms with Crippen LogP contribution in [0.15, 0.2) is 41.8 Å². The van der Waals surface area contributed by atoms with Crippen molar-refractivity contribution < 1.29 is 14.0 Å². The van der Waals surface area contributed by atoms with Crippen LogP contribution in [0.25, 0.3) is 0 Å². The molecule has 132 valence electrons. The molecule has 1 aliphatic rings. The van der Waals surface area contributed by atoms with E-state index >= 15 is 0 Å². The van der Waals surface area contributed by atoms with Gasteiger partial charge in [-0.1, -0.05) is 12.1 Å². The highest BCUT2D eigenvalue weighted by Crippen LogP contribution is 2.44. The molecule has 1 aromatic heterocycles. The minimum absolute atomic E-state index is 0.000159. The molecule has 7 heteroatoms. The van der Waals surface area contributed by atoms with E-state index in [0.717, 1.165) is 4.88 Å². The highest BCUT2D eigenvalue weighted by Gasteiger charge is 2.38. The van der Waals surface area contributed by atoms with Crippen LogP contribution in [0.5, 0.6) is 0 Å². The molecule has 0 spiro atoms. The van der Waals surface area contributed by atoms with Crippen LogP contribution in [-0.2, 0) is 4.79 Å². The van der Waals surface area contributed by atoms with Crippen molar-refractivity contribution in [2.24, 2.45) is 0 Å². The summed E-state index contributed by atoms with van der Waals surface area (Å²) in [4.78, 5) is 29.4. The van der Waals surface area contributed by atoms with Crippen LogP contribution < -0.4 is 0 Å². The third kappa shape index (κ3) is 3.88. The van der Waals surface area contributed by atoms with Crippen LogP contribution in [0.4, 0.5) is 4.39 Å². The quantitative estimate of drug-likeness (QED) is 0.798. The lowest BCUT2D eigenvalue weighted by atomic mass is 10.2. The van der Waals surface area contributed by atoms with E-state index in [9.17, 15) is 14.0 Å². The Kier molecular flexibility index (Phi) is 5.44. The van der Waals surface area contributed by atoms with Gasteiger partial charge in [-0.3, -0.25) is 9.59 Å². The molecule has 2 aromatic rings. The van der Waals surface area contributed by atoms with Gasteiger partial charge in [0.2, 0.25) is 5.91 Å². The SMILES string of the molecule is C[C@@H]1S[C@H](c2cccs2)N(CCN(C)C(=O)c2cccc(F)c2)C1=O. The topological polar surface area (TPSA) is 40.6 Å². The summed E-state index contributed by atoms with van der Waals surface area (Å²) in [5.41, 5.74) is 0.313. The highest BCUT2D eigenvalue weighted by atomic mass is 32.2. The third-order valence-corrected chi connectivity index (χ3v) is 6.58. The second-order valence-electron chi connectivity index (χ2n) is 5.91. The van der Waals surface area contributed by atoms with Crippen LogP contribution >= 0.6 is 23.1 Å². The van der Waals surface area contributed by atoms with Gasteiger partial charge in [0.05, 0.1) is 5.25 Å². The van der Waals surface area contributed by atoms with Crippen molar-refractivity contribution in [3.8, 4) is 0 Å². The normalized spacial score (nSPS) is 20.1. The third-order valence-electron chi connectivity index (χ3n) is 4.13. The first-order valence-electron chi connectivity index (χ1n) is 7.97. The Balaban J connectivity index is 1.66. The second kappa shape index (κ2) is 7.58. The number of thioether (sulfide) groups is 1. The maximum atomic E-state index is 13.3. The molecule has 2 amide bonds. The number of likely N-dealkylation sites (N-methyl/N-ethyl adjacent to an activating group) is 1. The number of carbonyl (C=O) groups is 2. The molecule has 0 bridgehead atoms. The zero-order valence-electron chi connectivity index (χ0n) is 14.0. The Labute approximate surface area is 154 Å². The average molecular weight is 378 g/mol. The molecule has 1 aromatic carbocycles. The molecule has 0 saturated carbocycles. The Bertz CT molecular complexity index is 766. The molecule has 1 saturated heterocycles. The number of halogens is 1. The van der Waals surface area contributed by atoms with Gasteiger partial charge in [0.25, 0.3) is 5.91 Å². The predicted octanol–water partition coefficient (Wildman–Crippen LogP) is 3.62. The summed E-state index contributed by atoms with van der Waals surface area (Å²) in [7, 11) is 1.67. The lowest BCUT2D eigenvalue weighted by Crippen LogP contribution is -2.38. The van der Waals surface area contributed by atoms with Gasteiger partial charge in [0.1, 0.15) is 11.2 Å². The molecular weight excluding hydrogens is 359 g/mol. The lowest BCUT2D eigenvalue weighted by Gasteiger charge is -2.26. The number of hydrogen-bond donors (Lipinski definition) is 0. The highest BCUT2D eigenvalue weighted by molar-refractivity contribution is 8.01. The first kappa shape index (κ1) is 17.9. The summed E-state index contributed by atoms with van der Waals surface area (Å²) in [6.45, 7) is 2.77. The zero-order valence-corrected chi connectivity index (χ0v) is 15.6. The van der Waals surface area contributed by atoms with Gasteiger partial charge < -0.3 is 9.80 Å². The lowest BCUT2D eigenvalue weighted by molar-refractivity contribution is -0.129. The Morgan fingerprint density at radius 3 is 2.80 bits per heavy atom. The summed E-state index contributed by atoms with van der Waals surface area (Å²) in [5.74, 6) is -0.591. The van der Waals surface area contributed by atoms with Crippen molar-refractivity contribution in [3.63, 3.8) is 0 Å². The van der Waals surface area contributed by atoms with E-state index in [1.807, 2.05) is 29.3 Å². The van der Waals surface area contributed by atoms with E-state index in [0.29, 0.717) is 18.7 Å². The first-order valence-corrected chi connectivity index (χ1v) is 9.80. The summed E-state index contributed by atoms with van der Waals surface area (Å²) >= 11 is 3.26. The summed E-state index contributed by atoms with van der Waals surface area (Å²) in [5, 5.41) is 1.91. The largest absolute Gasteiger partial charge is 0.340 e. The van der Waals surface area contributed by atoms with Crippen molar-refractivity contribution in [1.82, 2.24) is 9.80 Å². The minimum atomic E-state index is -0.433. The standard InChI is InChI=1S/C18H19FN2O2S2/c1-12-16(22)21(18(25-12)15-7-4-10-24-15)9-8-20(2)17(23)13-5-3-6-14(19)11-13/h3-7,10-12,18H,8-9H2,1-2H3/t12-,18+/m0/s1. The molecular formula is C18H19FN2O2S2. The molecule has 2 heterocycles. The molecule has 3 rings (SSSR count). The summed E-state index contributed by atoms with van der Waals surface area (Å²) < 4.78 is 13.3. The van der Waals surface area contributed by atoms with Crippen LogP contribution in [0.2, 0.25) is 0 Å². The smallest absolute Gasteiger partial charge is 0.253 e. The molecule has 4 nitrogen and oxygen atoms in total. The average Bonchev–Trinajstić information content (AvgIpc) is 3.22. The van der Waals surface area contributed by atoms with E-state index in [4.69, 9.17) is 0 Å². The molecule has 25 heavy (non-hydrogen) atoms. The second-order valence-corrected chi connectivity index (χ2v) is 8.32. The molecule has 1 aliphatic heterocycles. The first-order chi connectivity index (χ1) is 12.0. The van der Waals surface area contributed by atoms with Crippen molar-refractivity contribution in [2.75, 3.05) is 20.1 Å².